The van der Waals surface area contributed by atoms with E-state index in [2.05, 4.69) is 5.43 Å². The quantitative estimate of drug-likeness (QED) is 0.304. The van der Waals surface area contributed by atoms with Crippen molar-refractivity contribution in [2.45, 2.75) is 31.8 Å². The number of carboxylic acid groups (broad SMARTS) is 2. The van der Waals surface area contributed by atoms with E-state index in [4.69, 9.17) is 20.4 Å². The fourth-order valence-corrected chi connectivity index (χ4v) is 1.43. The van der Waals surface area contributed by atoms with Gasteiger partial charge in [0.15, 0.2) is 0 Å². The number of carboxylic acids is 2. The number of nitrogens with zero attached hydrogens (tertiary/aromatic N) is 1. The van der Waals surface area contributed by atoms with E-state index in [1.54, 1.807) is 0 Å². The Balaban J connectivity index is 5.01. The molecule has 0 rings (SSSR count). The summed E-state index contributed by atoms with van der Waals surface area (Å²) < 4.78 is 0. The summed E-state index contributed by atoms with van der Waals surface area (Å²) in [6.07, 6.45) is -0.433. The molecule has 2 atom stereocenters. The number of carbonyl (C=O) groups excluding carboxylic acids is 1. The molecule has 0 aromatic heterocycles. The van der Waals surface area contributed by atoms with E-state index >= 15 is 0 Å². The van der Waals surface area contributed by atoms with Crippen LogP contribution in [0.2, 0.25) is 0 Å². The number of amides is 1. The van der Waals surface area contributed by atoms with Crippen molar-refractivity contribution >= 4 is 17.8 Å². The lowest BCUT2D eigenvalue weighted by molar-refractivity contribution is -0.157. The van der Waals surface area contributed by atoms with Gasteiger partial charge in [0, 0.05) is 26.6 Å². The first-order valence-corrected chi connectivity index (χ1v) is 5.58. The summed E-state index contributed by atoms with van der Waals surface area (Å²) in [4.78, 5) is 33.3. The molecule has 0 unspecified atom stereocenters. The zero-order valence-electron chi connectivity index (χ0n) is 10.4. The minimum absolute atomic E-state index is 0.190. The third-order valence-corrected chi connectivity index (χ3v) is 2.35. The number of hydrazine groups is 1. The van der Waals surface area contributed by atoms with Crippen molar-refractivity contribution in [3.63, 3.8) is 0 Å². The normalized spacial score (nSPS) is 13.6. The molecular weight excluding hydrogens is 260 g/mol. The summed E-state index contributed by atoms with van der Waals surface area (Å²) in [6, 6.07) is -2.68. The zero-order chi connectivity index (χ0) is 15.0. The van der Waals surface area contributed by atoms with Gasteiger partial charge in [0.05, 0.1) is 0 Å². The standard InChI is InChI=1S/C10H18N2O7/c1-6(15)12(8(3-5-14)10(18)19)11-7(2-4-13)9(16)17/h7-8,11,13-14H,2-5H2,1H3,(H,16,17)(H,18,19)/t7-,8-/m0/s1. The first kappa shape index (κ1) is 17.3. The molecular formula is C10H18N2O7. The number of nitrogens with one attached hydrogen (secondary N) is 1. The highest BCUT2D eigenvalue weighted by Gasteiger charge is 2.31. The molecule has 0 heterocycles. The van der Waals surface area contributed by atoms with Crippen molar-refractivity contribution in [3.8, 4) is 0 Å². The van der Waals surface area contributed by atoms with Crippen molar-refractivity contribution in [1.82, 2.24) is 10.4 Å². The number of aliphatic hydroxyl groups excluding tert-OH is 2. The molecule has 0 saturated carbocycles. The number of carbonyl (C=O) groups is 3. The lowest BCUT2D eigenvalue weighted by atomic mass is 10.2. The average molecular weight is 278 g/mol. The van der Waals surface area contributed by atoms with Gasteiger partial charge >= 0.3 is 11.9 Å². The van der Waals surface area contributed by atoms with Crippen LogP contribution in [-0.2, 0) is 14.4 Å². The number of hydrogen-bond donors (Lipinski definition) is 5. The third kappa shape index (κ3) is 5.64. The lowest BCUT2D eigenvalue weighted by Gasteiger charge is -2.30. The zero-order valence-corrected chi connectivity index (χ0v) is 10.4. The Morgan fingerprint density at radius 2 is 1.58 bits per heavy atom. The molecule has 0 radical (unpaired) electrons. The predicted octanol–water partition coefficient (Wildman–Crippen LogP) is -1.99. The van der Waals surface area contributed by atoms with E-state index in [1.807, 2.05) is 0 Å². The van der Waals surface area contributed by atoms with Crippen molar-refractivity contribution < 1.29 is 34.8 Å². The van der Waals surface area contributed by atoms with Crippen LogP contribution >= 0.6 is 0 Å². The molecule has 5 N–H and O–H groups in total. The van der Waals surface area contributed by atoms with Gasteiger partial charge in [-0.3, -0.25) is 14.6 Å². The van der Waals surface area contributed by atoms with Gasteiger partial charge in [-0.2, -0.15) is 0 Å². The van der Waals surface area contributed by atoms with Crippen LogP contribution in [0.25, 0.3) is 0 Å². The topological polar surface area (TPSA) is 147 Å². The SMILES string of the molecule is CC(=O)N(N[C@@H](CCO)C(=O)O)[C@@H](CCO)C(=O)O. The molecule has 1 amide bonds. The first-order valence-electron chi connectivity index (χ1n) is 5.58. The first-order chi connectivity index (χ1) is 8.84. The third-order valence-electron chi connectivity index (χ3n) is 2.35. The van der Waals surface area contributed by atoms with E-state index in [0.717, 1.165) is 6.92 Å². The number of hydrogen-bond acceptors (Lipinski definition) is 6. The molecule has 0 bridgehead atoms. The molecule has 110 valence electrons. The van der Waals surface area contributed by atoms with Gasteiger partial charge in [-0.1, -0.05) is 0 Å². The van der Waals surface area contributed by atoms with Crippen molar-refractivity contribution in [3.05, 3.63) is 0 Å². The molecule has 0 fully saturated rings. The lowest BCUT2D eigenvalue weighted by Crippen LogP contribution is -2.57. The van der Waals surface area contributed by atoms with E-state index in [1.165, 1.54) is 0 Å². The summed E-state index contributed by atoms with van der Waals surface area (Å²) in [5.74, 6) is -3.40. The van der Waals surface area contributed by atoms with Gasteiger partial charge in [0.2, 0.25) is 5.91 Å². The van der Waals surface area contributed by atoms with Crippen LogP contribution in [0, 0.1) is 0 Å². The highest BCUT2D eigenvalue weighted by Crippen LogP contribution is 2.05. The smallest absolute Gasteiger partial charge is 0.328 e. The Bertz CT molecular complexity index is 334. The molecule has 0 spiro atoms. The van der Waals surface area contributed by atoms with Gasteiger partial charge in [0.25, 0.3) is 0 Å². The summed E-state index contributed by atoms with van der Waals surface area (Å²) in [6.45, 7) is 0.159. The Labute approximate surface area is 109 Å². The maximum Gasteiger partial charge on any atom is 0.328 e. The minimum atomic E-state index is -1.39. The average Bonchev–Trinajstić information content (AvgIpc) is 2.31. The van der Waals surface area contributed by atoms with Crippen LogP contribution in [0.15, 0.2) is 0 Å². The van der Waals surface area contributed by atoms with Crippen LogP contribution in [0.1, 0.15) is 19.8 Å². The van der Waals surface area contributed by atoms with Gasteiger partial charge < -0.3 is 20.4 Å². The van der Waals surface area contributed by atoms with Crippen molar-refractivity contribution in [2.75, 3.05) is 13.2 Å². The van der Waals surface area contributed by atoms with Crippen LogP contribution in [0.3, 0.4) is 0 Å². The molecule has 0 aliphatic heterocycles. The Morgan fingerprint density at radius 1 is 1.05 bits per heavy atom. The highest BCUT2D eigenvalue weighted by molar-refractivity contribution is 5.82. The van der Waals surface area contributed by atoms with Gasteiger partial charge in [0.1, 0.15) is 12.1 Å². The Morgan fingerprint density at radius 3 is 1.89 bits per heavy atom. The summed E-state index contributed by atoms with van der Waals surface area (Å²) in [7, 11) is 0. The minimum Gasteiger partial charge on any atom is -0.480 e. The van der Waals surface area contributed by atoms with E-state index < -0.39 is 43.1 Å². The number of rotatable bonds is 9. The largest absolute Gasteiger partial charge is 0.480 e. The maximum atomic E-state index is 11.4. The Hall–Kier alpha value is -1.71. The monoisotopic (exact) mass is 278 g/mol. The van der Waals surface area contributed by atoms with Crippen LogP contribution in [-0.4, -0.2) is 68.6 Å². The van der Waals surface area contributed by atoms with Gasteiger partial charge in [-0.15, -0.1) is 0 Å². The van der Waals surface area contributed by atoms with E-state index in [-0.39, 0.29) is 12.8 Å². The maximum absolute atomic E-state index is 11.4. The number of aliphatic hydroxyl groups is 2. The molecule has 0 saturated heterocycles. The van der Waals surface area contributed by atoms with Gasteiger partial charge in [-0.25, -0.2) is 10.2 Å². The number of aliphatic carboxylic acids is 2. The summed E-state index contributed by atoms with van der Waals surface area (Å²) in [5.41, 5.74) is 2.25. The molecule has 0 aromatic rings. The highest BCUT2D eigenvalue weighted by atomic mass is 16.4. The fraction of sp³-hybridized carbons (Fsp3) is 0.700. The second kappa shape index (κ2) is 8.40. The molecule has 0 aliphatic rings. The molecule has 0 aromatic carbocycles. The fourth-order valence-electron chi connectivity index (χ4n) is 1.43. The molecule has 9 nitrogen and oxygen atoms in total. The van der Waals surface area contributed by atoms with E-state index in [0.29, 0.717) is 5.01 Å². The second-order valence-electron chi connectivity index (χ2n) is 3.79. The molecule has 9 heteroatoms. The van der Waals surface area contributed by atoms with Gasteiger partial charge in [-0.05, 0) is 6.42 Å². The van der Waals surface area contributed by atoms with Crippen LogP contribution in [0.4, 0.5) is 0 Å². The van der Waals surface area contributed by atoms with Crippen molar-refractivity contribution in [2.24, 2.45) is 0 Å². The van der Waals surface area contributed by atoms with E-state index in [9.17, 15) is 14.4 Å². The predicted molar refractivity (Wildman–Crippen MR) is 61.9 cm³/mol. The molecule has 0 aliphatic carbocycles. The van der Waals surface area contributed by atoms with Crippen molar-refractivity contribution in [1.29, 1.82) is 0 Å². The van der Waals surface area contributed by atoms with Crippen LogP contribution < -0.4 is 5.43 Å². The molecule has 19 heavy (non-hydrogen) atoms. The Kier molecular flexibility index (Phi) is 7.65. The van der Waals surface area contributed by atoms with Crippen LogP contribution in [0.5, 0.6) is 0 Å². The second-order valence-corrected chi connectivity index (χ2v) is 3.79. The summed E-state index contributed by atoms with van der Waals surface area (Å²) in [5, 5.41) is 36.0. The summed E-state index contributed by atoms with van der Waals surface area (Å²) >= 11 is 0.